The van der Waals surface area contributed by atoms with Crippen LogP contribution < -0.4 is 5.32 Å². The lowest BCUT2D eigenvalue weighted by Crippen LogP contribution is -2.31. The van der Waals surface area contributed by atoms with Crippen molar-refractivity contribution in [2.24, 2.45) is 0 Å². The Morgan fingerprint density at radius 2 is 2.00 bits per heavy atom. The molecule has 2 rings (SSSR count). The second-order valence-electron chi connectivity index (χ2n) is 5.07. The largest absolute Gasteiger partial charge is 0.353 e. The van der Waals surface area contributed by atoms with Crippen molar-refractivity contribution in [3.05, 3.63) is 29.3 Å². The molecule has 1 aromatic heterocycles. The zero-order valence-electron chi connectivity index (χ0n) is 12.8. The summed E-state index contributed by atoms with van der Waals surface area (Å²) in [5.41, 5.74) is 0.956. The van der Waals surface area contributed by atoms with Gasteiger partial charge in [0.25, 0.3) is 0 Å². The van der Waals surface area contributed by atoms with E-state index in [0.29, 0.717) is 10.8 Å². The highest BCUT2D eigenvalue weighted by molar-refractivity contribution is 7.99. The van der Waals surface area contributed by atoms with Crippen molar-refractivity contribution >= 4 is 29.3 Å². The summed E-state index contributed by atoms with van der Waals surface area (Å²) in [5, 5.41) is 12.7. The molecule has 0 saturated carbocycles. The summed E-state index contributed by atoms with van der Waals surface area (Å²) in [4.78, 5) is 11.7. The number of nitrogens with one attached hydrogen (secondary N) is 1. The number of carbonyl (C=O) groups is 1. The van der Waals surface area contributed by atoms with Gasteiger partial charge in [0.15, 0.2) is 11.0 Å². The van der Waals surface area contributed by atoms with Gasteiger partial charge in [-0.2, -0.15) is 0 Å². The number of benzene rings is 1. The third-order valence-electron chi connectivity index (χ3n) is 2.92. The highest BCUT2D eigenvalue weighted by atomic mass is 35.5. The number of amides is 1. The topological polar surface area (TPSA) is 59.8 Å². The molecule has 1 aromatic carbocycles. The minimum atomic E-state index is -0.00121. The molecule has 1 N–H and O–H groups in total. The van der Waals surface area contributed by atoms with Crippen molar-refractivity contribution in [1.82, 2.24) is 20.1 Å². The lowest BCUT2D eigenvalue weighted by Gasteiger charge is -2.09. The van der Waals surface area contributed by atoms with Gasteiger partial charge in [-0.15, -0.1) is 10.2 Å². The van der Waals surface area contributed by atoms with E-state index in [9.17, 15) is 4.79 Å². The maximum absolute atomic E-state index is 11.7. The van der Waals surface area contributed by atoms with Gasteiger partial charge in [0.05, 0.1) is 5.75 Å². The standard InChI is InChI=1S/C15H19ClN4OS/c1-4-20-14(11-5-7-12(16)8-6-11)18-19-15(20)22-9-13(21)17-10(2)3/h5-8,10H,4,9H2,1-3H3,(H,17,21). The molecule has 0 unspecified atom stereocenters. The first kappa shape index (κ1) is 16.8. The van der Waals surface area contributed by atoms with E-state index in [2.05, 4.69) is 15.5 Å². The number of aromatic nitrogens is 3. The Bertz CT molecular complexity index is 639. The fraction of sp³-hybridized carbons (Fsp3) is 0.400. The molecule has 1 heterocycles. The van der Waals surface area contributed by atoms with Crippen LogP contribution in [0, 0.1) is 0 Å². The minimum absolute atomic E-state index is 0.00121. The zero-order valence-corrected chi connectivity index (χ0v) is 14.4. The molecule has 0 aliphatic carbocycles. The van der Waals surface area contributed by atoms with Crippen LogP contribution in [0.4, 0.5) is 0 Å². The Morgan fingerprint density at radius 1 is 1.32 bits per heavy atom. The van der Waals surface area contributed by atoms with E-state index in [0.717, 1.165) is 23.1 Å². The van der Waals surface area contributed by atoms with E-state index in [1.807, 2.05) is 49.6 Å². The molecular formula is C15H19ClN4OS. The maximum atomic E-state index is 11.7. The molecule has 0 aliphatic rings. The number of nitrogens with zero attached hydrogens (tertiary/aromatic N) is 3. The summed E-state index contributed by atoms with van der Waals surface area (Å²) < 4.78 is 2.00. The van der Waals surface area contributed by atoms with E-state index in [1.54, 1.807) is 0 Å². The van der Waals surface area contributed by atoms with Gasteiger partial charge < -0.3 is 9.88 Å². The predicted molar refractivity (Wildman–Crippen MR) is 90.1 cm³/mol. The first-order valence-electron chi connectivity index (χ1n) is 7.12. The van der Waals surface area contributed by atoms with Crippen LogP contribution in [0.1, 0.15) is 20.8 Å². The van der Waals surface area contributed by atoms with Crippen LogP contribution in [0.2, 0.25) is 5.02 Å². The number of rotatable bonds is 6. The second-order valence-corrected chi connectivity index (χ2v) is 6.45. The summed E-state index contributed by atoms with van der Waals surface area (Å²) in [6, 6.07) is 7.63. The summed E-state index contributed by atoms with van der Waals surface area (Å²) >= 11 is 7.30. The van der Waals surface area contributed by atoms with Crippen LogP contribution in [-0.2, 0) is 11.3 Å². The zero-order chi connectivity index (χ0) is 16.1. The number of hydrogen-bond donors (Lipinski definition) is 1. The number of thioether (sulfide) groups is 1. The Morgan fingerprint density at radius 3 is 2.59 bits per heavy atom. The van der Waals surface area contributed by atoms with Crippen LogP contribution >= 0.6 is 23.4 Å². The van der Waals surface area contributed by atoms with Crippen molar-refractivity contribution in [1.29, 1.82) is 0 Å². The van der Waals surface area contributed by atoms with Crippen LogP contribution in [0.15, 0.2) is 29.4 Å². The lowest BCUT2D eigenvalue weighted by atomic mass is 10.2. The number of hydrogen-bond acceptors (Lipinski definition) is 4. The molecule has 5 nitrogen and oxygen atoms in total. The average Bonchev–Trinajstić information content (AvgIpc) is 2.88. The lowest BCUT2D eigenvalue weighted by molar-refractivity contribution is -0.119. The first-order valence-corrected chi connectivity index (χ1v) is 8.49. The molecule has 1 amide bonds. The van der Waals surface area contributed by atoms with Crippen LogP contribution in [0.3, 0.4) is 0 Å². The molecular weight excluding hydrogens is 320 g/mol. The summed E-state index contributed by atoms with van der Waals surface area (Å²) in [7, 11) is 0. The monoisotopic (exact) mass is 338 g/mol. The fourth-order valence-corrected chi connectivity index (χ4v) is 2.93. The molecule has 0 radical (unpaired) electrons. The van der Waals surface area contributed by atoms with Crippen LogP contribution in [0.5, 0.6) is 0 Å². The Balaban J connectivity index is 2.14. The van der Waals surface area contributed by atoms with E-state index < -0.39 is 0 Å². The molecule has 22 heavy (non-hydrogen) atoms. The molecule has 7 heteroatoms. The predicted octanol–water partition coefficient (Wildman–Crippen LogP) is 3.24. The summed E-state index contributed by atoms with van der Waals surface area (Å²) in [5.74, 6) is 1.11. The molecule has 0 fully saturated rings. The third-order valence-corrected chi connectivity index (χ3v) is 4.14. The normalized spacial score (nSPS) is 11.0. The summed E-state index contributed by atoms with van der Waals surface area (Å²) in [6.45, 7) is 6.64. The van der Waals surface area contributed by atoms with Crippen LogP contribution in [-0.4, -0.2) is 32.5 Å². The smallest absolute Gasteiger partial charge is 0.230 e. The van der Waals surface area contributed by atoms with Gasteiger partial charge in [-0.1, -0.05) is 23.4 Å². The second kappa shape index (κ2) is 7.65. The van der Waals surface area contributed by atoms with E-state index in [4.69, 9.17) is 11.6 Å². The summed E-state index contributed by atoms with van der Waals surface area (Å²) in [6.07, 6.45) is 0. The number of carbonyl (C=O) groups excluding carboxylic acids is 1. The fourth-order valence-electron chi connectivity index (χ4n) is 1.99. The van der Waals surface area contributed by atoms with E-state index >= 15 is 0 Å². The van der Waals surface area contributed by atoms with E-state index in [-0.39, 0.29) is 11.9 Å². The van der Waals surface area contributed by atoms with Gasteiger partial charge >= 0.3 is 0 Å². The van der Waals surface area contributed by atoms with Crippen molar-refractivity contribution in [3.8, 4) is 11.4 Å². The quantitative estimate of drug-likeness (QED) is 0.821. The van der Waals surface area contributed by atoms with Gasteiger partial charge in [-0.25, -0.2) is 0 Å². The van der Waals surface area contributed by atoms with Crippen molar-refractivity contribution in [2.75, 3.05) is 5.75 Å². The van der Waals surface area contributed by atoms with Gasteiger partial charge in [0.2, 0.25) is 5.91 Å². The molecule has 118 valence electrons. The van der Waals surface area contributed by atoms with E-state index in [1.165, 1.54) is 11.8 Å². The minimum Gasteiger partial charge on any atom is -0.353 e. The molecule has 0 saturated heterocycles. The molecule has 0 aliphatic heterocycles. The highest BCUT2D eigenvalue weighted by Crippen LogP contribution is 2.24. The molecule has 0 atom stereocenters. The van der Waals surface area contributed by atoms with Gasteiger partial charge in [-0.3, -0.25) is 4.79 Å². The van der Waals surface area contributed by atoms with Crippen molar-refractivity contribution < 1.29 is 4.79 Å². The van der Waals surface area contributed by atoms with Crippen molar-refractivity contribution in [3.63, 3.8) is 0 Å². The van der Waals surface area contributed by atoms with Crippen LogP contribution in [0.25, 0.3) is 11.4 Å². The molecule has 0 spiro atoms. The highest BCUT2D eigenvalue weighted by Gasteiger charge is 2.14. The number of halogens is 1. The van der Waals surface area contributed by atoms with Gasteiger partial charge in [0, 0.05) is 23.2 Å². The maximum Gasteiger partial charge on any atom is 0.230 e. The third kappa shape index (κ3) is 4.24. The molecule has 2 aromatic rings. The van der Waals surface area contributed by atoms with Gasteiger partial charge in [0.1, 0.15) is 0 Å². The average molecular weight is 339 g/mol. The Labute approximate surface area is 139 Å². The van der Waals surface area contributed by atoms with Crippen molar-refractivity contribution in [2.45, 2.75) is 38.5 Å². The Kier molecular flexibility index (Phi) is 5.85. The Hall–Kier alpha value is -1.53. The SMILES string of the molecule is CCn1c(SCC(=O)NC(C)C)nnc1-c1ccc(Cl)cc1. The molecule has 0 bridgehead atoms. The van der Waals surface area contributed by atoms with Gasteiger partial charge in [-0.05, 0) is 45.0 Å². The first-order chi connectivity index (χ1) is 10.5.